The van der Waals surface area contributed by atoms with Gasteiger partial charge in [0, 0.05) is 0 Å². The van der Waals surface area contributed by atoms with Gasteiger partial charge >= 0.3 is 0 Å². The van der Waals surface area contributed by atoms with Crippen LogP contribution in [0.1, 0.15) is 15.9 Å². The van der Waals surface area contributed by atoms with E-state index in [4.69, 9.17) is 5.73 Å². The SMILES string of the molecule is Cc1ccc(O)c(C(=O)Nc2c(N)cccc2F)c1. The van der Waals surface area contributed by atoms with Gasteiger partial charge in [0.1, 0.15) is 17.3 Å². The highest BCUT2D eigenvalue weighted by molar-refractivity contribution is 6.07. The first-order chi connectivity index (χ1) is 8.99. The Morgan fingerprint density at radius 1 is 1.32 bits per heavy atom. The molecule has 0 bridgehead atoms. The van der Waals surface area contributed by atoms with E-state index in [1.54, 1.807) is 13.0 Å². The van der Waals surface area contributed by atoms with Crippen molar-refractivity contribution < 1.29 is 14.3 Å². The summed E-state index contributed by atoms with van der Waals surface area (Å²) in [4.78, 5) is 12.0. The van der Waals surface area contributed by atoms with E-state index in [2.05, 4.69) is 5.32 Å². The molecule has 5 heteroatoms. The van der Waals surface area contributed by atoms with E-state index in [-0.39, 0.29) is 22.7 Å². The van der Waals surface area contributed by atoms with E-state index in [0.717, 1.165) is 5.56 Å². The molecule has 0 aliphatic rings. The second kappa shape index (κ2) is 4.97. The number of phenols is 1. The van der Waals surface area contributed by atoms with Crippen LogP contribution in [0.3, 0.4) is 0 Å². The summed E-state index contributed by atoms with van der Waals surface area (Å²) < 4.78 is 13.5. The normalized spacial score (nSPS) is 10.2. The predicted molar refractivity (Wildman–Crippen MR) is 71.6 cm³/mol. The van der Waals surface area contributed by atoms with Crippen LogP contribution in [0.2, 0.25) is 0 Å². The summed E-state index contributed by atoms with van der Waals surface area (Å²) >= 11 is 0. The molecule has 0 heterocycles. The number of benzene rings is 2. The van der Waals surface area contributed by atoms with Crippen molar-refractivity contribution in [3.05, 3.63) is 53.3 Å². The van der Waals surface area contributed by atoms with Crippen LogP contribution in [0.5, 0.6) is 5.75 Å². The molecule has 0 spiro atoms. The Balaban J connectivity index is 2.34. The van der Waals surface area contributed by atoms with Gasteiger partial charge in [0.2, 0.25) is 0 Å². The van der Waals surface area contributed by atoms with E-state index in [9.17, 15) is 14.3 Å². The summed E-state index contributed by atoms with van der Waals surface area (Å²) in [5.41, 5.74) is 6.52. The summed E-state index contributed by atoms with van der Waals surface area (Å²) in [7, 11) is 0. The average molecular weight is 260 g/mol. The highest BCUT2D eigenvalue weighted by atomic mass is 19.1. The van der Waals surface area contributed by atoms with Crippen LogP contribution in [-0.2, 0) is 0 Å². The number of amides is 1. The van der Waals surface area contributed by atoms with E-state index in [0.29, 0.717) is 0 Å². The van der Waals surface area contributed by atoms with Gasteiger partial charge in [-0.15, -0.1) is 0 Å². The Labute approximate surface area is 109 Å². The first-order valence-corrected chi connectivity index (χ1v) is 5.64. The fourth-order valence-corrected chi connectivity index (χ4v) is 1.69. The largest absolute Gasteiger partial charge is 0.507 e. The second-order valence-corrected chi connectivity index (χ2v) is 4.18. The Kier molecular flexibility index (Phi) is 3.37. The number of nitrogen functional groups attached to an aromatic ring is 1. The molecule has 0 radical (unpaired) electrons. The number of rotatable bonds is 2. The van der Waals surface area contributed by atoms with Gasteiger partial charge in [-0.2, -0.15) is 0 Å². The third-order valence-corrected chi connectivity index (χ3v) is 2.68. The number of anilines is 2. The highest BCUT2D eigenvalue weighted by Gasteiger charge is 2.15. The van der Waals surface area contributed by atoms with Crippen molar-refractivity contribution in [3.63, 3.8) is 0 Å². The van der Waals surface area contributed by atoms with E-state index in [1.165, 1.54) is 30.3 Å². The van der Waals surface area contributed by atoms with E-state index >= 15 is 0 Å². The van der Waals surface area contributed by atoms with Crippen molar-refractivity contribution in [1.29, 1.82) is 0 Å². The molecule has 4 N–H and O–H groups in total. The summed E-state index contributed by atoms with van der Waals surface area (Å²) in [5.74, 6) is -1.41. The quantitative estimate of drug-likeness (QED) is 0.727. The number of phenolic OH excluding ortho intramolecular Hbond substituents is 1. The molecule has 0 fully saturated rings. The predicted octanol–water partition coefficient (Wildman–Crippen LogP) is 2.67. The van der Waals surface area contributed by atoms with Gasteiger partial charge in [0.05, 0.1) is 11.3 Å². The number of carbonyl (C=O) groups excluding carboxylic acids is 1. The third-order valence-electron chi connectivity index (χ3n) is 2.68. The molecule has 19 heavy (non-hydrogen) atoms. The molecule has 0 unspecified atom stereocenters. The fourth-order valence-electron chi connectivity index (χ4n) is 1.69. The van der Waals surface area contributed by atoms with Crippen molar-refractivity contribution in [2.45, 2.75) is 6.92 Å². The van der Waals surface area contributed by atoms with Crippen molar-refractivity contribution in [2.75, 3.05) is 11.1 Å². The lowest BCUT2D eigenvalue weighted by molar-refractivity contribution is 0.102. The van der Waals surface area contributed by atoms with Gasteiger partial charge in [0.25, 0.3) is 5.91 Å². The van der Waals surface area contributed by atoms with E-state index in [1.807, 2.05) is 0 Å². The number of halogens is 1. The first-order valence-electron chi connectivity index (χ1n) is 5.64. The third kappa shape index (κ3) is 2.65. The molecule has 0 aliphatic heterocycles. The molecule has 2 rings (SSSR count). The van der Waals surface area contributed by atoms with Crippen molar-refractivity contribution in [1.82, 2.24) is 0 Å². The lowest BCUT2D eigenvalue weighted by Crippen LogP contribution is -2.14. The molecule has 0 saturated carbocycles. The maximum absolute atomic E-state index is 13.5. The standard InChI is InChI=1S/C14H13FN2O2/c1-8-5-6-12(18)9(7-8)14(19)17-13-10(15)3-2-4-11(13)16/h2-7,18H,16H2,1H3,(H,17,19). The van der Waals surface area contributed by atoms with E-state index < -0.39 is 11.7 Å². The van der Waals surface area contributed by atoms with Crippen molar-refractivity contribution in [2.24, 2.45) is 0 Å². The molecule has 0 aliphatic carbocycles. The van der Waals surface area contributed by atoms with Crippen LogP contribution in [0, 0.1) is 12.7 Å². The van der Waals surface area contributed by atoms with Gasteiger partial charge in [-0.25, -0.2) is 4.39 Å². The molecular weight excluding hydrogens is 247 g/mol. The fraction of sp³-hybridized carbons (Fsp3) is 0.0714. The molecule has 0 saturated heterocycles. The maximum Gasteiger partial charge on any atom is 0.259 e. The summed E-state index contributed by atoms with van der Waals surface area (Å²) in [5, 5.41) is 12.0. The zero-order valence-electron chi connectivity index (χ0n) is 10.3. The first kappa shape index (κ1) is 12.9. The molecule has 2 aromatic carbocycles. The molecule has 4 nitrogen and oxygen atoms in total. The summed E-state index contributed by atoms with van der Waals surface area (Å²) in [6.45, 7) is 1.79. The molecule has 1 amide bonds. The Hall–Kier alpha value is -2.56. The molecular formula is C14H13FN2O2. The van der Waals surface area contributed by atoms with Gasteiger partial charge in [0.15, 0.2) is 0 Å². The minimum atomic E-state index is -0.625. The molecule has 0 atom stereocenters. The number of aromatic hydroxyl groups is 1. The van der Waals surface area contributed by atoms with Crippen LogP contribution in [0.25, 0.3) is 0 Å². The Morgan fingerprint density at radius 3 is 2.74 bits per heavy atom. The molecule has 0 aromatic heterocycles. The van der Waals surface area contributed by atoms with Crippen LogP contribution < -0.4 is 11.1 Å². The van der Waals surface area contributed by atoms with Gasteiger partial charge in [-0.1, -0.05) is 17.7 Å². The number of para-hydroxylation sites is 1. The topological polar surface area (TPSA) is 75.3 Å². The van der Waals surface area contributed by atoms with Gasteiger partial charge in [-0.3, -0.25) is 4.79 Å². The number of hydrogen-bond acceptors (Lipinski definition) is 3. The minimum absolute atomic E-state index is 0.0719. The maximum atomic E-state index is 13.5. The molecule has 2 aromatic rings. The van der Waals surface area contributed by atoms with Crippen molar-refractivity contribution >= 4 is 17.3 Å². The van der Waals surface area contributed by atoms with Crippen molar-refractivity contribution in [3.8, 4) is 5.75 Å². The van der Waals surface area contributed by atoms with Crippen LogP contribution in [0.4, 0.5) is 15.8 Å². The smallest absolute Gasteiger partial charge is 0.259 e. The average Bonchev–Trinajstić information content (AvgIpc) is 2.37. The second-order valence-electron chi connectivity index (χ2n) is 4.18. The van der Waals surface area contributed by atoms with Crippen LogP contribution >= 0.6 is 0 Å². The Morgan fingerprint density at radius 2 is 2.05 bits per heavy atom. The number of nitrogens with two attached hydrogens (primary N) is 1. The number of aryl methyl sites for hydroxylation is 1. The van der Waals surface area contributed by atoms with Gasteiger partial charge in [-0.05, 0) is 31.2 Å². The minimum Gasteiger partial charge on any atom is -0.507 e. The number of hydrogen-bond donors (Lipinski definition) is 3. The number of carbonyl (C=O) groups is 1. The lowest BCUT2D eigenvalue weighted by atomic mass is 10.1. The van der Waals surface area contributed by atoms with Crippen LogP contribution in [0.15, 0.2) is 36.4 Å². The molecule has 98 valence electrons. The monoisotopic (exact) mass is 260 g/mol. The highest BCUT2D eigenvalue weighted by Crippen LogP contribution is 2.24. The summed E-state index contributed by atoms with van der Waals surface area (Å²) in [6, 6.07) is 8.72. The lowest BCUT2D eigenvalue weighted by Gasteiger charge is -2.10. The zero-order chi connectivity index (χ0) is 14.0. The van der Waals surface area contributed by atoms with Crippen LogP contribution in [-0.4, -0.2) is 11.0 Å². The zero-order valence-corrected chi connectivity index (χ0v) is 10.3. The summed E-state index contributed by atoms with van der Waals surface area (Å²) in [6.07, 6.45) is 0. The number of nitrogens with one attached hydrogen (secondary N) is 1. The van der Waals surface area contributed by atoms with Gasteiger partial charge < -0.3 is 16.2 Å². The Bertz CT molecular complexity index is 621.